The molecule has 1 N–H and O–H groups in total. The minimum absolute atomic E-state index is 0.120. The Morgan fingerprint density at radius 1 is 1.53 bits per heavy atom. The van der Waals surface area contributed by atoms with Crippen LogP contribution in [0.15, 0.2) is 18.2 Å². The summed E-state index contributed by atoms with van der Waals surface area (Å²) in [7, 11) is 1.64. The highest BCUT2D eigenvalue weighted by Crippen LogP contribution is 2.26. The van der Waals surface area contributed by atoms with Crippen molar-refractivity contribution in [2.45, 2.75) is 26.3 Å². The molecule has 5 heteroatoms. The van der Waals surface area contributed by atoms with Gasteiger partial charge in [-0.3, -0.25) is 10.1 Å². The predicted molar refractivity (Wildman–Crippen MR) is 67.4 cm³/mol. The molecule has 0 saturated carbocycles. The van der Waals surface area contributed by atoms with Gasteiger partial charge in [-0.05, 0) is 31.9 Å². The van der Waals surface area contributed by atoms with Crippen molar-refractivity contribution < 1.29 is 9.66 Å². The number of rotatable bonds is 6. The summed E-state index contributed by atoms with van der Waals surface area (Å²) >= 11 is 0. The second-order valence-electron chi connectivity index (χ2n) is 4.10. The van der Waals surface area contributed by atoms with Crippen LogP contribution >= 0.6 is 0 Å². The molecule has 0 aliphatic carbocycles. The van der Waals surface area contributed by atoms with Gasteiger partial charge in [0.1, 0.15) is 5.69 Å². The molecule has 0 aliphatic heterocycles. The van der Waals surface area contributed by atoms with Gasteiger partial charge in [-0.1, -0.05) is 6.07 Å². The zero-order valence-electron chi connectivity index (χ0n) is 10.4. The minimum atomic E-state index is -0.363. The maximum Gasteiger partial charge on any atom is 0.292 e. The first-order chi connectivity index (χ1) is 8.04. The van der Waals surface area contributed by atoms with Crippen LogP contribution in [0.1, 0.15) is 18.9 Å². The van der Waals surface area contributed by atoms with Crippen LogP contribution in [0.5, 0.6) is 0 Å². The average molecular weight is 238 g/mol. The Morgan fingerprint density at radius 2 is 2.24 bits per heavy atom. The summed E-state index contributed by atoms with van der Waals surface area (Å²) < 4.78 is 4.97. The third-order valence-electron chi connectivity index (χ3n) is 2.51. The zero-order valence-corrected chi connectivity index (χ0v) is 10.4. The third-order valence-corrected chi connectivity index (χ3v) is 2.51. The fraction of sp³-hybridized carbons (Fsp3) is 0.500. The molecular formula is C12H18N2O3. The van der Waals surface area contributed by atoms with Crippen LogP contribution in [-0.2, 0) is 4.74 Å². The number of hydrogen-bond acceptors (Lipinski definition) is 4. The van der Waals surface area contributed by atoms with Gasteiger partial charge in [0.25, 0.3) is 5.69 Å². The molecule has 0 spiro atoms. The number of nitro groups is 1. The van der Waals surface area contributed by atoms with Gasteiger partial charge in [0.15, 0.2) is 0 Å². The Kier molecular flexibility index (Phi) is 4.90. The second-order valence-corrected chi connectivity index (χ2v) is 4.10. The lowest BCUT2D eigenvalue weighted by Gasteiger charge is -2.14. The van der Waals surface area contributed by atoms with Crippen LogP contribution in [0.3, 0.4) is 0 Å². The van der Waals surface area contributed by atoms with Crippen molar-refractivity contribution in [1.82, 2.24) is 0 Å². The van der Waals surface area contributed by atoms with E-state index in [4.69, 9.17) is 4.74 Å². The van der Waals surface area contributed by atoms with E-state index in [0.717, 1.165) is 12.0 Å². The third kappa shape index (κ3) is 4.03. The van der Waals surface area contributed by atoms with Gasteiger partial charge in [-0.2, -0.15) is 0 Å². The summed E-state index contributed by atoms with van der Waals surface area (Å²) in [6.45, 7) is 4.45. The normalized spacial score (nSPS) is 12.2. The molecule has 0 bridgehead atoms. The molecule has 0 aromatic heterocycles. The Hall–Kier alpha value is -1.62. The van der Waals surface area contributed by atoms with Gasteiger partial charge in [-0.25, -0.2) is 0 Å². The highest BCUT2D eigenvalue weighted by molar-refractivity contribution is 5.62. The number of nitro benzene ring substituents is 1. The van der Waals surface area contributed by atoms with E-state index in [9.17, 15) is 10.1 Å². The summed E-state index contributed by atoms with van der Waals surface area (Å²) in [5.74, 6) is 0. The van der Waals surface area contributed by atoms with Crippen LogP contribution in [0.4, 0.5) is 11.4 Å². The first-order valence-electron chi connectivity index (χ1n) is 5.55. The van der Waals surface area contributed by atoms with Crippen LogP contribution in [0.25, 0.3) is 0 Å². The summed E-state index contributed by atoms with van der Waals surface area (Å²) in [5.41, 5.74) is 1.56. The van der Waals surface area contributed by atoms with Crippen molar-refractivity contribution in [2.24, 2.45) is 0 Å². The molecule has 1 rings (SSSR count). The van der Waals surface area contributed by atoms with E-state index in [1.165, 1.54) is 0 Å². The van der Waals surface area contributed by atoms with Gasteiger partial charge in [-0.15, -0.1) is 0 Å². The first kappa shape index (κ1) is 13.4. The number of ether oxygens (including phenoxy) is 1. The molecule has 0 heterocycles. The predicted octanol–water partition coefficient (Wildman–Crippen LogP) is 2.74. The number of aryl methyl sites for hydroxylation is 1. The standard InChI is InChI=1S/C12H18N2O3/c1-9-4-5-11(12(8-9)14(15)16)13-10(2)6-7-17-3/h4-5,8,10,13H,6-7H2,1-3H3. The van der Waals surface area contributed by atoms with Crippen LogP contribution < -0.4 is 5.32 Å². The molecule has 0 fully saturated rings. The number of anilines is 1. The monoisotopic (exact) mass is 238 g/mol. The highest BCUT2D eigenvalue weighted by Gasteiger charge is 2.15. The van der Waals surface area contributed by atoms with Gasteiger partial charge >= 0.3 is 0 Å². The summed E-state index contributed by atoms with van der Waals surface area (Å²) in [4.78, 5) is 10.5. The Balaban J connectivity index is 2.79. The van der Waals surface area contributed by atoms with Gasteiger partial charge in [0, 0.05) is 25.8 Å². The number of benzene rings is 1. The SMILES string of the molecule is COCCC(C)Nc1ccc(C)cc1[N+](=O)[O-]. The minimum Gasteiger partial charge on any atom is -0.385 e. The molecule has 0 amide bonds. The maximum atomic E-state index is 10.9. The summed E-state index contributed by atoms with van der Waals surface area (Å²) in [5, 5.41) is 14.0. The molecule has 1 aromatic carbocycles. The molecule has 0 saturated heterocycles. The molecule has 1 atom stereocenters. The number of nitrogens with one attached hydrogen (secondary N) is 1. The van der Waals surface area contributed by atoms with E-state index >= 15 is 0 Å². The van der Waals surface area contributed by atoms with E-state index in [2.05, 4.69) is 5.32 Å². The molecule has 17 heavy (non-hydrogen) atoms. The van der Waals surface area contributed by atoms with E-state index in [1.54, 1.807) is 19.2 Å². The lowest BCUT2D eigenvalue weighted by Crippen LogP contribution is -2.18. The Bertz CT molecular complexity index is 393. The van der Waals surface area contributed by atoms with Crippen molar-refractivity contribution in [3.8, 4) is 0 Å². The summed E-state index contributed by atoms with van der Waals surface area (Å²) in [6.07, 6.45) is 0.807. The second kappa shape index (κ2) is 6.20. The maximum absolute atomic E-state index is 10.9. The van der Waals surface area contributed by atoms with Crippen LogP contribution in [0, 0.1) is 17.0 Å². The Morgan fingerprint density at radius 3 is 2.82 bits per heavy atom. The van der Waals surface area contributed by atoms with Crippen LogP contribution in [0.2, 0.25) is 0 Å². The average Bonchev–Trinajstić information content (AvgIpc) is 2.28. The largest absolute Gasteiger partial charge is 0.385 e. The lowest BCUT2D eigenvalue weighted by molar-refractivity contribution is -0.384. The van der Waals surface area contributed by atoms with E-state index < -0.39 is 0 Å². The molecule has 94 valence electrons. The smallest absolute Gasteiger partial charge is 0.292 e. The van der Waals surface area contributed by atoms with Gasteiger partial charge < -0.3 is 10.1 Å². The van der Waals surface area contributed by atoms with Gasteiger partial charge in [0.2, 0.25) is 0 Å². The van der Waals surface area contributed by atoms with Crippen molar-refractivity contribution in [3.63, 3.8) is 0 Å². The highest BCUT2D eigenvalue weighted by atomic mass is 16.6. The van der Waals surface area contributed by atoms with E-state index in [1.807, 2.05) is 19.9 Å². The van der Waals surface area contributed by atoms with Crippen molar-refractivity contribution in [3.05, 3.63) is 33.9 Å². The molecule has 1 unspecified atom stereocenters. The lowest BCUT2D eigenvalue weighted by atomic mass is 10.1. The van der Waals surface area contributed by atoms with Crippen LogP contribution in [-0.4, -0.2) is 24.7 Å². The van der Waals surface area contributed by atoms with E-state index in [-0.39, 0.29) is 16.7 Å². The fourth-order valence-electron chi connectivity index (χ4n) is 1.55. The molecular weight excluding hydrogens is 220 g/mol. The topological polar surface area (TPSA) is 64.4 Å². The number of methoxy groups -OCH3 is 1. The van der Waals surface area contributed by atoms with Crippen molar-refractivity contribution >= 4 is 11.4 Å². The molecule has 1 aromatic rings. The molecule has 5 nitrogen and oxygen atoms in total. The van der Waals surface area contributed by atoms with Crippen molar-refractivity contribution in [1.29, 1.82) is 0 Å². The number of hydrogen-bond donors (Lipinski definition) is 1. The molecule has 0 radical (unpaired) electrons. The first-order valence-corrected chi connectivity index (χ1v) is 5.55. The van der Waals surface area contributed by atoms with E-state index in [0.29, 0.717) is 12.3 Å². The fourth-order valence-corrected chi connectivity index (χ4v) is 1.55. The van der Waals surface area contributed by atoms with Gasteiger partial charge in [0.05, 0.1) is 4.92 Å². The molecule has 0 aliphatic rings. The Labute approximate surface area is 101 Å². The van der Waals surface area contributed by atoms with Crippen molar-refractivity contribution in [2.75, 3.05) is 19.0 Å². The number of nitrogens with zero attached hydrogens (tertiary/aromatic N) is 1. The zero-order chi connectivity index (χ0) is 12.8. The summed E-state index contributed by atoms with van der Waals surface area (Å²) in [6, 6.07) is 5.32. The quantitative estimate of drug-likeness (QED) is 0.611.